The molecule has 0 unspecified atom stereocenters. The molecule has 1 rings (SSSR count). The lowest BCUT2D eigenvalue weighted by Crippen LogP contribution is -2.29. The first-order valence-corrected chi connectivity index (χ1v) is 5.78. The SMILES string of the molecule is CN(CCN)c1cnn(CCCCO)c(=O)c1. The van der Waals surface area contributed by atoms with Gasteiger partial charge in [0.2, 0.25) is 0 Å². The van der Waals surface area contributed by atoms with Crippen molar-refractivity contribution >= 4 is 5.69 Å². The number of unbranched alkanes of at least 4 members (excludes halogenated alkanes) is 1. The van der Waals surface area contributed by atoms with E-state index in [9.17, 15) is 4.79 Å². The first kappa shape index (κ1) is 13.7. The van der Waals surface area contributed by atoms with E-state index in [1.165, 1.54) is 4.68 Å². The lowest BCUT2D eigenvalue weighted by atomic mass is 10.3. The number of hydrogen-bond donors (Lipinski definition) is 2. The molecule has 6 heteroatoms. The Balaban J connectivity index is 2.69. The van der Waals surface area contributed by atoms with E-state index in [0.29, 0.717) is 26.1 Å². The molecule has 1 aromatic heterocycles. The second-order valence-electron chi connectivity index (χ2n) is 3.92. The summed E-state index contributed by atoms with van der Waals surface area (Å²) in [5, 5.41) is 12.8. The number of hydrogen-bond acceptors (Lipinski definition) is 5. The van der Waals surface area contributed by atoms with Crippen LogP contribution in [0.25, 0.3) is 0 Å². The summed E-state index contributed by atoms with van der Waals surface area (Å²) in [7, 11) is 1.87. The minimum absolute atomic E-state index is 0.121. The fourth-order valence-electron chi connectivity index (χ4n) is 1.50. The molecule has 1 heterocycles. The van der Waals surface area contributed by atoms with Gasteiger partial charge in [-0.05, 0) is 12.8 Å². The Hall–Kier alpha value is -1.40. The topological polar surface area (TPSA) is 84.4 Å². The third-order valence-electron chi connectivity index (χ3n) is 2.54. The number of rotatable bonds is 7. The van der Waals surface area contributed by atoms with Gasteiger partial charge in [0.25, 0.3) is 5.56 Å². The fraction of sp³-hybridized carbons (Fsp3) is 0.636. The smallest absolute Gasteiger partial charge is 0.268 e. The van der Waals surface area contributed by atoms with Crippen LogP contribution in [0.1, 0.15) is 12.8 Å². The van der Waals surface area contributed by atoms with E-state index in [1.807, 2.05) is 11.9 Å². The monoisotopic (exact) mass is 240 g/mol. The summed E-state index contributed by atoms with van der Waals surface area (Å²) >= 11 is 0. The second kappa shape index (κ2) is 7.03. The van der Waals surface area contributed by atoms with E-state index in [-0.39, 0.29) is 12.2 Å². The van der Waals surface area contributed by atoms with Crippen molar-refractivity contribution in [2.45, 2.75) is 19.4 Å². The molecule has 3 N–H and O–H groups in total. The summed E-state index contributed by atoms with van der Waals surface area (Å²) in [4.78, 5) is 13.6. The lowest BCUT2D eigenvalue weighted by molar-refractivity contribution is 0.279. The van der Waals surface area contributed by atoms with Gasteiger partial charge in [-0.25, -0.2) is 4.68 Å². The van der Waals surface area contributed by atoms with Crippen LogP contribution in [0.3, 0.4) is 0 Å². The lowest BCUT2D eigenvalue weighted by Gasteiger charge is -2.17. The van der Waals surface area contributed by atoms with Gasteiger partial charge in [-0.3, -0.25) is 4.79 Å². The number of likely N-dealkylation sites (N-methyl/N-ethyl adjacent to an activating group) is 1. The number of nitrogens with zero attached hydrogens (tertiary/aromatic N) is 3. The highest BCUT2D eigenvalue weighted by molar-refractivity contribution is 5.41. The maximum absolute atomic E-state index is 11.7. The molecule has 17 heavy (non-hydrogen) atoms. The van der Waals surface area contributed by atoms with Crippen molar-refractivity contribution in [3.63, 3.8) is 0 Å². The van der Waals surface area contributed by atoms with E-state index in [0.717, 1.165) is 12.1 Å². The Bertz CT molecular complexity index is 391. The number of nitrogens with two attached hydrogens (primary N) is 1. The maximum atomic E-state index is 11.7. The van der Waals surface area contributed by atoms with Crippen LogP contribution >= 0.6 is 0 Å². The fourth-order valence-corrected chi connectivity index (χ4v) is 1.50. The van der Waals surface area contributed by atoms with E-state index < -0.39 is 0 Å². The van der Waals surface area contributed by atoms with Crippen molar-refractivity contribution in [1.82, 2.24) is 9.78 Å². The molecule has 96 valence electrons. The average Bonchev–Trinajstić information content (AvgIpc) is 2.31. The molecule has 0 saturated heterocycles. The van der Waals surface area contributed by atoms with Crippen molar-refractivity contribution in [3.8, 4) is 0 Å². The van der Waals surface area contributed by atoms with Crippen LogP contribution in [0.5, 0.6) is 0 Å². The van der Waals surface area contributed by atoms with Crippen molar-refractivity contribution in [3.05, 3.63) is 22.6 Å². The zero-order valence-corrected chi connectivity index (χ0v) is 10.2. The normalized spacial score (nSPS) is 10.5. The summed E-state index contributed by atoms with van der Waals surface area (Å²) < 4.78 is 1.41. The third kappa shape index (κ3) is 4.16. The number of aliphatic hydroxyl groups is 1. The van der Waals surface area contributed by atoms with Gasteiger partial charge in [0.05, 0.1) is 11.9 Å². The maximum Gasteiger partial charge on any atom is 0.268 e. The molecule has 0 aromatic carbocycles. The molecule has 0 bridgehead atoms. The van der Waals surface area contributed by atoms with Crippen LogP contribution in [0, 0.1) is 0 Å². The molecular formula is C11H20N4O2. The largest absolute Gasteiger partial charge is 0.396 e. The van der Waals surface area contributed by atoms with Gasteiger partial charge in [-0.2, -0.15) is 5.10 Å². The molecule has 1 aromatic rings. The molecule has 0 aliphatic heterocycles. The van der Waals surface area contributed by atoms with Gasteiger partial charge in [-0.15, -0.1) is 0 Å². The van der Waals surface area contributed by atoms with Gasteiger partial charge in [0.15, 0.2) is 0 Å². The van der Waals surface area contributed by atoms with Crippen LogP contribution in [0.2, 0.25) is 0 Å². The molecular weight excluding hydrogens is 220 g/mol. The third-order valence-corrected chi connectivity index (χ3v) is 2.54. The summed E-state index contributed by atoms with van der Waals surface area (Å²) in [6.07, 6.45) is 3.10. The predicted molar refractivity (Wildman–Crippen MR) is 67.1 cm³/mol. The molecule has 0 radical (unpaired) electrons. The summed E-state index contributed by atoms with van der Waals surface area (Å²) in [5.74, 6) is 0. The Labute approximate surface area is 101 Å². The van der Waals surface area contributed by atoms with Crippen LogP contribution in [0.15, 0.2) is 17.1 Å². The first-order chi connectivity index (χ1) is 8.19. The zero-order chi connectivity index (χ0) is 12.7. The van der Waals surface area contributed by atoms with Crippen LogP contribution in [0.4, 0.5) is 5.69 Å². The quantitative estimate of drug-likeness (QED) is 0.622. The van der Waals surface area contributed by atoms with E-state index in [1.54, 1.807) is 12.3 Å². The van der Waals surface area contributed by atoms with Gasteiger partial charge in [0, 0.05) is 39.4 Å². The van der Waals surface area contributed by atoms with Crippen molar-refractivity contribution < 1.29 is 5.11 Å². The molecule has 0 fully saturated rings. The van der Waals surface area contributed by atoms with E-state index in [4.69, 9.17) is 10.8 Å². The minimum Gasteiger partial charge on any atom is -0.396 e. The highest BCUT2D eigenvalue weighted by Crippen LogP contribution is 2.05. The first-order valence-electron chi connectivity index (χ1n) is 5.78. The Morgan fingerprint density at radius 2 is 2.29 bits per heavy atom. The van der Waals surface area contributed by atoms with Crippen LogP contribution in [-0.2, 0) is 6.54 Å². The van der Waals surface area contributed by atoms with Gasteiger partial charge < -0.3 is 15.7 Å². The highest BCUT2D eigenvalue weighted by Gasteiger charge is 2.03. The molecule has 0 aliphatic rings. The Morgan fingerprint density at radius 3 is 2.88 bits per heavy atom. The Kier molecular flexibility index (Phi) is 5.65. The Morgan fingerprint density at radius 1 is 1.53 bits per heavy atom. The zero-order valence-electron chi connectivity index (χ0n) is 10.2. The van der Waals surface area contributed by atoms with Gasteiger partial charge in [-0.1, -0.05) is 0 Å². The molecule has 6 nitrogen and oxygen atoms in total. The molecule has 0 spiro atoms. The van der Waals surface area contributed by atoms with Crippen LogP contribution in [-0.4, -0.2) is 41.6 Å². The summed E-state index contributed by atoms with van der Waals surface area (Å²) in [5.41, 5.74) is 6.10. The molecule has 0 amide bonds. The van der Waals surface area contributed by atoms with Gasteiger partial charge >= 0.3 is 0 Å². The van der Waals surface area contributed by atoms with Crippen molar-refractivity contribution in [1.29, 1.82) is 0 Å². The highest BCUT2D eigenvalue weighted by atomic mass is 16.2. The molecule has 0 aliphatic carbocycles. The molecule has 0 saturated carbocycles. The van der Waals surface area contributed by atoms with E-state index >= 15 is 0 Å². The van der Waals surface area contributed by atoms with Crippen LogP contribution < -0.4 is 16.2 Å². The average molecular weight is 240 g/mol. The summed E-state index contributed by atoms with van der Waals surface area (Å²) in [6, 6.07) is 1.56. The minimum atomic E-state index is -0.121. The predicted octanol–water partition coefficient (Wildman–Crippen LogP) is -0.589. The number of aromatic nitrogens is 2. The van der Waals surface area contributed by atoms with Crippen molar-refractivity contribution in [2.24, 2.45) is 5.73 Å². The second-order valence-corrected chi connectivity index (χ2v) is 3.92. The van der Waals surface area contributed by atoms with Gasteiger partial charge in [0.1, 0.15) is 0 Å². The molecule has 0 atom stereocenters. The standard InChI is InChI=1S/C11H20N4O2/c1-14(6-4-12)10-8-11(17)15(13-9-10)5-2-3-7-16/h8-9,16H,2-7,12H2,1H3. The number of anilines is 1. The van der Waals surface area contributed by atoms with E-state index in [2.05, 4.69) is 5.10 Å². The van der Waals surface area contributed by atoms with Crippen molar-refractivity contribution in [2.75, 3.05) is 31.6 Å². The summed E-state index contributed by atoms with van der Waals surface area (Å²) in [6.45, 7) is 1.91. The number of aliphatic hydroxyl groups excluding tert-OH is 1. The number of aryl methyl sites for hydroxylation is 1.